The Balaban J connectivity index is 4.06. The summed E-state index contributed by atoms with van der Waals surface area (Å²) < 4.78 is 16.8. The SMILES string of the molecule is CCN(CC)C(=O)CS(=O)CCC(=O)OC(C)(C)C. The molecule has 0 heterocycles. The van der Waals surface area contributed by atoms with E-state index in [0.717, 1.165) is 0 Å². The molecule has 0 spiro atoms. The van der Waals surface area contributed by atoms with E-state index in [1.807, 2.05) is 13.8 Å². The van der Waals surface area contributed by atoms with E-state index in [2.05, 4.69) is 0 Å². The summed E-state index contributed by atoms with van der Waals surface area (Å²) in [5.74, 6) is -0.365. The quantitative estimate of drug-likeness (QED) is 0.664. The highest BCUT2D eigenvalue weighted by atomic mass is 32.2. The second-order valence-corrected chi connectivity index (χ2v) is 6.77. The molecule has 0 bridgehead atoms. The maximum Gasteiger partial charge on any atom is 0.307 e. The van der Waals surface area contributed by atoms with Crippen molar-refractivity contribution in [1.82, 2.24) is 4.90 Å². The lowest BCUT2D eigenvalue weighted by molar-refractivity contribution is -0.154. The number of nitrogens with zero attached hydrogens (tertiary/aromatic N) is 1. The first-order valence-electron chi connectivity index (χ1n) is 6.54. The van der Waals surface area contributed by atoms with Crippen molar-refractivity contribution in [2.24, 2.45) is 0 Å². The largest absolute Gasteiger partial charge is 0.460 e. The summed E-state index contributed by atoms with van der Waals surface area (Å²) in [6.45, 7) is 10.3. The lowest BCUT2D eigenvalue weighted by Crippen LogP contribution is -2.34. The molecule has 5 nitrogen and oxygen atoms in total. The number of rotatable bonds is 7. The molecule has 19 heavy (non-hydrogen) atoms. The average Bonchev–Trinajstić information content (AvgIpc) is 2.25. The molecule has 0 aromatic carbocycles. The van der Waals surface area contributed by atoms with Gasteiger partial charge in [-0.05, 0) is 34.6 Å². The molecule has 0 rings (SSSR count). The number of ether oxygens (including phenoxy) is 1. The molecule has 6 heteroatoms. The normalized spacial score (nSPS) is 12.9. The molecule has 1 atom stereocenters. The van der Waals surface area contributed by atoms with Crippen LogP contribution in [0.1, 0.15) is 41.0 Å². The van der Waals surface area contributed by atoms with E-state index in [1.165, 1.54) is 0 Å². The summed E-state index contributed by atoms with van der Waals surface area (Å²) >= 11 is 0. The number of amides is 1. The molecular weight excluding hydrogens is 266 g/mol. The molecule has 0 saturated carbocycles. The van der Waals surface area contributed by atoms with Crippen LogP contribution in [0, 0.1) is 0 Å². The van der Waals surface area contributed by atoms with Gasteiger partial charge in [-0.2, -0.15) is 0 Å². The number of carbonyl (C=O) groups is 2. The Morgan fingerprint density at radius 1 is 1.16 bits per heavy atom. The highest BCUT2D eigenvalue weighted by Crippen LogP contribution is 2.08. The monoisotopic (exact) mass is 291 g/mol. The van der Waals surface area contributed by atoms with Crippen molar-refractivity contribution >= 4 is 22.7 Å². The second-order valence-electron chi connectivity index (χ2n) is 5.19. The van der Waals surface area contributed by atoms with E-state index in [-0.39, 0.29) is 29.8 Å². The van der Waals surface area contributed by atoms with Gasteiger partial charge in [-0.25, -0.2) is 0 Å². The lowest BCUT2D eigenvalue weighted by Gasteiger charge is -2.20. The molecular formula is C13H25NO4S. The fraction of sp³-hybridized carbons (Fsp3) is 0.846. The molecule has 0 aromatic rings. The summed E-state index contributed by atoms with van der Waals surface area (Å²) in [7, 11) is -1.31. The van der Waals surface area contributed by atoms with Crippen LogP contribution >= 0.6 is 0 Å². The maximum atomic E-state index is 11.7. The van der Waals surface area contributed by atoms with Gasteiger partial charge in [0, 0.05) is 29.6 Å². The zero-order chi connectivity index (χ0) is 15.1. The van der Waals surface area contributed by atoms with Gasteiger partial charge in [-0.3, -0.25) is 13.8 Å². The summed E-state index contributed by atoms with van der Waals surface area (Å²) in [4.78, 5) is 24.8. The summed E-state index contributed by atoms with van der Waals surface area (Å²) in [5.41, 5.74) is -0.532. The van der Waals surface area contributed by atoms with Gasteiger partial charge in [0.25, 0.3) is 0 Å². The van der Waals surface area contributed by atoms with Gasteiger partial charge in [-0.15, -0.1) is 0 Å². The Morgan fingerprint density at radius 3 is 2.11 bits per heavy atom. The lowest BCUT2D eigenvalue weighted by atomic mass is 10.2. The minimum Gasteiger partial charge on any atom is -0.460 e. The number of carbonyl (C=O) groups excluding carboxylic acids is 2. The molecule has 0 radical (unpaired) electrons. The minimum absolute atomic E-state index is 0.0233. The van der Waals surface area contributed by atoms with E-state index >= 15 is 0 Å². The number of esters is 1. The van der Waals surface area contributed by atoms with Crippen molar-refractivity contribution in [3.05, 3.63) is 0 Å². The van der Waals surface area contributed by atoms with E-state index in [1.54, 1.807) is 25.7 Å². The van der Waals surface area contributed by atoms with Gasteiger partial charge in [-0.1, -0.05) is 0 Å². The topological polar surface area (TPSA) is 63.7 Å². The van der Waals surface area contributed by atoms with Gasteiger partial charge in [0.05, 0.1) is 6.42 Å². The molecule has 1 amide bonds. The number of hydrogen-bond donors (Lipinski definition) is 0. The molecule has 0 fully saturated rings. The van der Waals surface area contributed by atoms with E-state index < -0.39 is 16.4 Å². The Bertz CT molecular complexity index is 332. The van der Waals surface area contributed by atoms with Crippen molar-refractivity contribution in [1.29, 1.82) is 0 Å². The van der Waals surface area contributed by atoms with E-state index in [9.17, 15) is 13.8 Å². The van der Waals surface area contributed by atoms with Crippen LogP contribution in [0.15, 0.2) is 0 Å². The van der Waals surface area contributed by atoms with Crippen LogP contribution in [-0.2, 0) is 25.1 Å². The van der Waals surface area contributed by atoms with E-state index in [4.69, 9.17) is 4.74 Å². The first kappa shape index (κ1) is 18.1. The van der Waals surface area contributed by atoms with Crippen molar-refractivity contribution in [2.75, 3.05) is 24.6 Å². The first-order chi connectivity index (χ1) is 8.69. The van der Waals surface area contributed by atoms with E-state index in [0.29, 0.717) is 13.1 Å². The van der Waals surface area contributed by atoms with Crippen LogP contribution in [0.3, 0.4) is 0 Å². The second kappa shape index (κ2) is 8.30. The van der Waals surface area contributed by atoms with Crippen LogP contribution in [0.5, 0.6) is 0 Å². The third kappa shape index (κ3) is 8.75. The molecule has 0 aliphatic carbocycles. The fourth-order valence-electron chi connectivity index (χ4n) is 1.47. The fourth-order valence-corrected chi connectivity index (χ4v) is 2.46. The molecule has 0 aliphatic rings. The van der Waals surface area contributed by atoms with Crippen LogP contribution in [0.2, 0.25) is 0 Å². The van der Waals surface area contributed by atoms with Gasteiger partial charge in [0.1, 0.15) is 11.4 Å². The highest BCUT2D eigenvalue weighted by Gasteiger charge is 2.18. The smallest absolute Gasteiger partial charge is 0.307 e. The average molecular weight is 291 g/mol. The molecule has 112 valence electrons. The molecule has 0 N–H and O–H groups in total. The van der Waals surface area contributed by atoms with Gasteiger partial charge >= 0.3 is 5.97 Å². The summed E-state index contributed by atoms with van der Waals surface area (Å²) in [6, 6.07) is 0. The zero-order valence-electron chi connectivity index (χ0n) is 12.5. The van der Waals surface area contributed by atoms with Crippen molar-refractivity contribution in [3.63, 3.8) is 0 Å². The van der Waals surface area contributed by atoms with Crippen molar-refractivity contribution in [3.8, 4) is 0 Å². The molecule has 0 aromatic heterocycles. The third-order valence-corrected chi connectivity index (χ3v) is 3.58. The van der Waals surface area contributed by atoms with Gasteiger partial charge < -0.3 is 9.64 Å². The highest BCUT2D eigenvalue weighted by molar-refractivity contribution is 7.85. The first-order valence-corrected chi connectivity index (χ1v) is 8.03. The molecule has 1 unspecified atom stereocenters. The summed E-state index contributed by atoms with van der Waals surface area (Å²) in [6.07, 6.45) is 0.0788. The Labute approximate surface area is 118 Å². The van der Waals surface area contributed by atoms with Gasteiger partial charge in [0.2, 0.25) is 5.91 Å². The van der Waals surface area contributed by atoms with Crippen LogP contribution in [0.4, 0.5) is 0 Å². The maximum absolute atomic E-state index is 11.7. The zero-order valence-corrected chi connectivity index (χ0v) is 13.3. The molecule has 0 aliphatic heterocycles. The Hall–Kier alpha value is -0.910. The van der Waals surface area contributed by atoms with Crippen molar-refractivity contribution < 1.29 is 18.5 Å². The van der Waals surface area contributed by atoms with Crippen molar-refractivity contribution in [2.45, 2.75) is 46.6 Å². The Kier molecular flexibility index (Phi) is 7.90. The Morgan fingerprint density at radius 2 is 1.68 bits per heavy atom. The standard InChI is InChI=1S/C13H25NO4S/c1-6-14(7-2)11(15)10-19(17)9-8-12(16)18-13(3,4)5/h6-10H2,1-5H3. The third-order valence-electron chi connectivity index (χ3n) is 2.35. The van der Waals surface area contributed by atoms with Gasteiger partial charge in [0.15, 0.2) is 0 Å². The van der Waals surface area contributed by atoms with Crippen LogP contribution in [0.25, 0.3) is 0 Å². The predicted molar refractivity (Wildman–Crippen MR) is 76.3 cm³/mol. The van der Waals surface area contributed by atoms with Crippen LogP contribution in [-0.4, -0.2) is 51.2 Å². The predicted octanol–water partition coefficient (Wildman–Crippen LogP) is 1.34. The number of hydrogen-bond acceptors (Lipinski definition) is 4. The molecule has 0 saturated heterocycles. The summed E-state index contributed by atoms with van der Waals surface area (Å²) in [5, 5.41) is 0. The minimum atomic E-state index is -1.31. The van der Waals surface area contributed by atoms with Crippen LogP contribution < -0.4 is 0 Å².